The van der Waals surface area contributed by atoms with Crippen molar-refractivity contribution < 1.29 is 19.1 Å². The molecule has 116 valence electrons. The Morgan fingerprint density at radius 1 is 1.32 bits per heavy atom. The van der Waals surface area contributed by atoms with Crippen molar-refractivity contribution >= 4 is 12.2 Å². The summed E-state index contributed by atoms with van der Waals surface area (Å²) in [5, 5.41) is 1.25. The number of carbonyl (C=O) groups is 2. The molecule has 1 N–H and O–H groups in total. The molecule has 3 rings (SSSR count). The van der Waals surface area contributed by atoms with E-state index in [1.165, 1.54) is 5.01 Å². The quantitative estimate of drug-likeness (QED) is 0.872. The molecule has 1 aromatic carbocycles. The van der Waals surface area contributed by atoms with Crippen LogP contribution < -0.4 is 5.43 Å². The number of ether oxygens (including phenoxy) is 2. The molecule has 0 spiro atoms. The molecule has 6 heteroatoms. The first-order valence-electron chi connectivity index (χ1n) is 7.36. The van der Waals surface area contributed by atoms with Crippen LogP contribution in [0.1, 0.15) is 24.8 Å². The van der Waals surface area contributed by atoms with Crippen molar-refractivity contribution in [2.75, 3.05) is 0 Å². The molecule has 0 unspecified atom stereocenters. The first-order valence-corrected chi connectivity index (χ1v) is 7.36. The number of carbonyl (C=O) groups excluding carboxylic acids is 2. The second-order valence-corrected chi connectivity index (χ2v) is 5.32. The maximum atomic E-state index is 11.9. The van der Waals surface area contributed by atoms with Gasteiger partial charge >= 0.3 is 12.2 Å². The first-order chi connectivity index (χ1) is 10.7. The Morgan fingerprint density at radius 2 is 2.14 bits per heavy atom. The van der Waals surface area contributed by atoms with E-state index in [2.05, 4.69) is 11.5 Å². The third-order valence-electron chi connectivity index (χ3n) is 3.80. The van der Waals surface area contributed by atoms with Gasteiger partial charge in [-0.15, -0.1) is 0 Å². The van der Waals surface area contributed by atoms with Crippen molar-refractivity contribution in [3.8, 4) is 0 Å². The molecule has 1 heterocycles. The number of hydrazine groups is 1. The van der Waals surface area contributed by atoms with Crippen molar-refractivity contribution in [1.29, 1.82) is 0 Å². The number of hydrogen-bond acceptors (Lipinski definition) is 4. The molecule has 1 fully saturated rings. The largest absolute Gasteiger partial charge is 0.443 e. The summed E-state index contributed by atoms with van der Waals surface area (Å²) < 4.78 is 10.4. The van der Waals surface area contributed by atoms with Crippen LogP contribution in [0.25, 0.3) is 0 Å². The zero-order valence-corrected chi connectivity index (χ0v) is 12.1. The number of benzene rings is 1. The third-order valence-corrected chi connectivity index (χ3v) is 3.80. The van der Waals surface area contributed by atoms with Gasteiger partial charge in [0.05, 0.1) is 6.04 Å². The number of amides is 2. The molecule has 0 saturated carbocycles. The van der Waals surface area contributed by atoms with Crippen molar-refractivity contribution in [1.82, 2.24) is 10.4 Å². The Kier molecular flexibility index (Phi) is 4.27. The Hall–Kier alpha value is -2.50. The second kappa shape index (κ2) is 6.51. The molecular weight excluding hydrogens is 284 g/mol. The average molecular weight is 302 g/mol. The number of allylic oxidation sites excluding steroid dienone is 1. The van der Waals surface area contributed by atoms with E-state index in [0.717, 1.165) is 18.4 Å². The molecule has 0 radical (unpaired) electrons. The van der Waals surface area contributed by atoms with E-state index in [9.17, 15) is 9.59 Å². The highest BCUT2D eigenvalue weighted by molar-refractivity contribution is 5.75. The highest BCUT2D eigenvalue weighted by atomic mass is 16.6. The monoisotopic (exact) mass is 302 g/mol. The Bertz CT molecular complexity index is 573. The van der Waals surface area contributed by atoms with Crippen LogP contribution in [-0.4, -0.2) is 29.3 Å². The fourth-order valence-electron chi connectivity index (χ4n) is 2.68. The van der Waals surface area contributed by atoms with E-state index in [1.807, 2.05) is 36.4 Å². The molecule has 1 aromatic rings. The van der Waals surface area contributed by atoms with Crippen molar-refractivity contribution in [3.05, 3.63) is 48.0 Å². The summed E-state index contributed by atoms with van der Waals surface area (Å²) in [6, 6.07) is 9.22. The Labute approximate surface area is 128 Å². The minimum atomic E-state index is -0.654. The van der Waals surface area contributed by atoms with Gasteiger partial charge in [0.25, 0.3) is 0 Å². The predicted octanol–water partition coefficient (Wildman–Crippen LogP) is 2.76. The van der Waals surface area contributed by atoms with Crippen LogP contribution in [0.3, 0.4) is 0 Å². The first kappa shape index (κ1) is 14.4. The molecule has 2 aliphatic rings. The van der Waals surface area contributed by atoms with Gasteiger partial charge in [-0.25, -0.2) is 20.0 Å². The molecule has 22 heavy (non-hydrogen) atoms. The SMILES string of the molecule is O=C(NN1C(=O)O[C@H]2CC=CCC[C@H]21)OCc1ccccc1. The molecule has 1 aliphatic heterocycles. The summed E-state index contributed by atoms with van der Waals surface area (Å²) in [4.78, 5) is 23.8. The van der Waals surface area contributed by atoms with Gasteiger partial charge in [0, 0.05) is 6.42 Å². The van der Waals surface area contributed by atoms with Gasteiger partial charge in [-0.3, -0.25) is 0 Å². The fraction of sp³-hybridized carbons (Fsp3) is 0.375. The number of nitrogens with one attached hydrogen (secondary N) is 1. The third kappa shape index (κ3) is 3.21. The lowest BCUT2D eigenvalue weighted by atomic mass is 10.1. The van der Waals surface area contributed by atoms with Crippen molar-refractivity contribution in [3.63, 3.8) is 0 Å². The number of hydrogen-bond donors (Lipinski definition) is 1. The minimum absolute atomic E-state index is 0.147. The molecule has 1 saturated heterocycles. The normalized spacial score (nSPS) is 23.5. The summed E-state index contributed by atoms with van der Waals surface area (Å²) in [5.41, 5.74) is 3.38. The number of nitrogens with zero attached hydrogens (tertiary/aromatic N) is 1. The van der Waals surface area contributed by atoms with E-state index in [1.54, 1.807) is 0 Å². The van der Waals surface area contributed by atoms with Crippen LogP contribution in [0, 0.1) is 0 Å². The lowest BCUT2D eigenvalue weighted by molar-refractivity contribution is 0.0983. The van der Waals surface area contributed by atoms with Crippen LogP contribution in [0.15, 0.2) is 42.5 Å². The van der Waals surface area contributed by atoms with Crippen molar-refractivity contribution in [2.45, 2.75) is 38.0 Å². The lowest BCUT2D eigenvalue weighted by Gasteiger charge is -2.22. The van der Waals surface area contributed by atoms with Crippen LogP contribution in [0.5, 0.6) is 0 Å². The number of fused-ring (bicyclic) bond motifs is 1. The van der Waals surface area contributed by atoms with Crippen LogP contribution in [-0.2, 0) is 16.1 Å². The molecule has 0 bridgehead atoms. The summed E-state index contributed by atoms with van der Waals surface area (Å²) in [7, 11) is 0. The predicted molar refractivity (Wildman–Crippen MR) is 78.6 cm³/mol. The van der Waals surface area contributed by atoms with Gasteiger partial charge in [-0.1, -0.05) is 42.5 Å². The topological polar surface area (TPSA) is 67.9 Å². The van der Waals surface area contributed by atoms with E-state index in [-0.39, 0.29) is 18.8 Å². The zero-order chi connectivity index (χ0) is 15.4. The Balaban J connectivity index is 1.55. The van der Waals surface area contributed by atoms with Crippen molar-refractivity contribution in [2.24, 2.45) is 0 Å². The summed E-state index contributed by atoms with van der Waals surface area (Å²) in [6.07, 6.45) is 4.98. The van der Waals surface area contributed by atoms with Gasteiger partial charge < -0.3 is 9.47 Å². The summed E-state index contributed by atoms with van der Waals surface area (Å²) >= 11 is 0. The maximum Gasteiger partial charge on any atom is 0.429 e. The van der Waals surface area contributed by atoms with E-state index >= 15 is 0 Å². The van der Waals surface area contributed by atoms with E-state index in [4.69, 9.17) is 9.47 Å². The highest BCUT2D eigenvalue weighted by Gasteiger charge is 2.42. The van der Waals surface area contributed by atoms with Gasteiger partial charge in [0.15, 0.2) is 0 Å². The standard InChI is InChI=1S/C16H18N2O4/c19-15(21-11-12-7-3-1-4-8-12)17-18-13-9-5-2-6-10-14(13)22-16(18)20/h1-4,6-8,13-14H,5,9-11H2,(H,17,19)/t13-,14+/m1/s1. The van der Waals surface area contributed by atoms with Gasteiger partial charge in [-0.2, -0.15) is 0 Å². The van der Waals surface area contributed by atoms with Gasteiger partial charge in [0.2, 0.25) is 0 Å². The minimum Gasteiger partial charge on any atom is -0.443 e. The van der Waals surface area contributed by atoms with E-state index in [0.29, 0.717) is 6.42 Å². The molecule has 0 aromatic heterocycles. The Morgan fingerprint density at radius 3 is 2.95 bits per heavy atom. The summed E-state index contributed by atoms with van der Waals surface area (Å²) in [6.45, 7) is 0.158. The maximum absolute atomic E-state index is 11.9. The molecule has 6 nitrogen and oxygen atoms in total. The molecule has 2 atom stereocenters. The number of rotatable bonds is 3. The zero-order valence-electron chi connectivity index (χ0n) is 12.1. The van der Waals surface area contributed by atoms with E-state index < -0.39 is 12.2 Å². The van der Waals surface area contributed by atoms with Gasteiger partial charge in [0.1, 0.15) is 12.7 Å². The highest BCUT2D eigenvalue weighted by Crippen LogP contribution is 2.26. The smallest absolute Gasteiger partial charge is 0.429 e. The lowest BCUT2D eigenvalue weighted by Crippen LogP contribution is -2.49. The molecule has 1 aliphatic carbocycles. The second-order valence-electron chi connectivity index (χ2n) is 5.32. The van der Waals surface area contributed by atoms with Crippen LogP contribution in [0.4, 0.5) is 9.59 Å². The summed E-state index contributed by atoms with van der Waals surface area (Å²) in [5.74, 6) is 0. The fourth-order valence-corrected chi connectivity index (χ4v) is 2.68. The van der Waals surface area contributed by atoms with Crippen LogP contribution in [0.2, 0.25) is 0 Å². The van der Waals surface area contributed by atoms with Crippen LogP contribution >= 0.6 is 0 Å². The van der Waals surface area contributed by atoms with Gasteiger partial charge in [-0.05, 0) is 18.4 Å². The molecule has 2 amide bonds. The molecular formula is C16H18N2O4. The average Bonchev–Trinajstić information content (AvgIpc) is 2.70.